The number of guanidine groups is 1. The predicted molar refractivity (Wildman–Crippen MR) is 118 cm³/mol. The van der Waals surface area contributed by atoms with Crippen molar-refractivity contribution in [3.63, 3.8) is 0 Å². The minimum atomic E-state index is -0.117. The first-order valence-corrected chi connectivity index (χ1v) is 10.9. The molecule has 0 atom stereocenters. The van der Waals surface area contributed by atoms with E-state index < -0.39 is 0 Å². The van der Waals surface area contributed by atoms with Crippen molar-refractivity contribution in [3.05, 3.63) is 49.9 Å². The number of aromatic nitrogens is 1. The third-order valence-electron chi connectivity index (χ3n) is 5.18. The van der Waals surface area contributed by atoms with Crippen LogP contribution in [0.1, 0.15) is 29.1 Å². The zero-order valence-corrected chi connectivity index (χ0v) is 18.8. The van der Waals surface area contributed by atoms with Crippen LogP contribution >= 0.6 is 34.5 Å². The Morgan fingerprint density at radius 1 is 1.36 bits per heavy atom. The quantitative estimate of drug-likeness (QED) is 0.548. The van der Waals surface area contributed by atoms with Crippen LogP contribution in [0.25, 0.3) is 0 Å². The Morgan fingerprint density at radius 3 is 2.71 bits per heavy atom. The van der Waals surface area contributed by atoms with Gasteiger partial charge in [-0.2, -0.15) is 0 Å². The highest BCUT2D eigenvalue weighted by molar-refractivity contribution is 7.09. The van der Waals surface area contributed by atoms with Gasteiger partial charge in [0, 0.05) is 54.7 Å². The number of hydrogen-bond donors (Lipinski definition) is 1. The average Bonchev–Trinajstić information content (AvgIpc) is 3.07. The first-order valence-electron chi connectivity index (χ1n) is 9.29. The lowest BCUT2D eigenvalue weighted by Gasteiger charge is -2.39. The molecule has 3 rings (SSSR count). The number of nitrogens with zero attached hydrogens (tertiary/aromatic N) is 3. The van der Waals surface area contributed by atoms with Crippen molar-refractivity contribution in [2.45, 2.75) is 31.7 Å². The first-order chi connectivity index (χ1) is 13.4. The van der Waals surface area contributed by atoms with Crippen LogP contribution in [0.15, 0.2) is 28.6 Å². The normalized spacial score (nSPS) is 16.8. The molecule has 1 aliphatic rings. The summed E-state index contributed by atoms with van der Waals surface area (Å²) in [6.45, 7) is 4.89. The van der Waals surface area contributed by atoms with E-state index in [2.05, 4.69) is 25.6 Å². The van der Waals surface area contributed by atoms with E-state index in [9.17, 15) is 0 Å². The number of ether oxygens (including phenoxy) is 1. The fraction of sp³-hybridized carbons (Fsp3) is 0.500. The maximum absolute atomic E-state index is 6.57. The molecule has 1 fully saturated rings. The van der Waals surface area contributed by atoms with Crippen LogP contribution in [0, 0.1) is 6.92 Å². The van der Waals surface area contributed by atoms with Gasteiger partial charge in [0.05, 0.1) is 17.2 Å². The van der Waals surface area contributed by atoms with Gasteiger partial charge in [-0.1, -0.05) is 29.3 Å². The lowest BCUT2D eigenvalue weighted by molar-refractivity contribution is 0.0512. The van der Waals surface area contributed by atoms with E-state index in [1.54, 1.807) is 18.4 Å². The third-order valence-corrected chi connectivity index (χ3v) is 6.55. The van der Waals surface area contributed by atoms with Crippen LogP contribution in [-0.2, 0) is 16.7 Å². The highest BCUT2D eigenvalue weighted by Crippen LogP contribution is 2.39. The molecule has 8 heteroatoms. The summed E-state index contributed by atoms with van der Waals surface area (Å²) in [7, 11) is 3.83. The molecule has 1 saturated heterocycles. The summed E-state index contributed by atoms with van der Waals surface area (Å²) in [6.07, 6.45) is 1.79. The van der Waals surface area contributed by atoms with Gasteiger partial charge in [-0.15, -0.1) is 11.3 Å². The fourth-order valence-electron chi connectivity index (χ4n) is 3.65. The largest absolute Gasteiger partial charge is 0.381 e. The van der Waals surface area contributed by atoms with Gasteiger partial charge in [-0.25, -0.2) is 4.98 Å². The second-order valence-corrected chi connectivity index (χ2v) is 9.04. The Balaban J connectivity index is 1.75. The lowest BCUT2D eigenvalue weighted by Crippen LogP contribution is -2.48. The molecule has 1 aromatic carbocycles. The van der Waals surface area contributed by atoms with Gasteiger partial charge < -0.3 is 15.0 Å². The summed E-state index contributed by atoms with van der Waals surface area (Å²) in [5.41, 5.74) is 2.05. The number of halogens is 2. The van der Waals surface area contributed by atoms with Crippen molar-refractivity contribution in [1.82, 2.24) is 15.2 Å². The van der Waals surface area contributed by atoms with Crippen LogP contribution in [0.5, 0.6) is 0 Å². The number of benzene rings is 1. The topological polar surface area (TPSA) is 49.8 Å². The number of nitrogens with one attached hydrogen (secondary N) is 1. The molecule has 1 N–H and O–H groups in total. The van der Waals surface area contributed by atoms with Crippen LogP contribution < -0.4 is 5.32 Å². The molecule has 0 spiro atoms. The standard InChI is InChI=1S/C20H26Cl2N4OS/c1-14-25-16(12-28-14)11-26(3)19(23-2)24-13-20(6-8-27-9-7-20)17-5-4-15(21)10-18(17)22/h4-5,10,12H,6-9,11,13H2,1-3H3,(H,23,24). The molecule has 0 radical (unpaired) electrons. The van der Waals surface area contributed by atoms with Gasteiger partial charge in [0.2, 0.25) is 0 Å². The van der Waals surface area contributed by atoms with E-state index >= 15 is 0 Å². The van der Waals surface area contributed by atoms with Crippen LogP contribution in [0.2, 0.25) is 10.0 Å². The SMILES string of the molecule is CN=C(NCC1(c2ccc(Cl)cc2Cl)CCOCC1)N(C)Cc1csc(C)n1. The van der Waals surface area contributed by atoms with E-state index in [-0.39, 0.29) is 5.41 Å². The smallest absolute Gasteiger partial charge is 0.193 e. The van der Waals surface area contributed by atoms with Crippen molar-refractivity contribution < 1.29 is 4.74 Å². The van der Waals surface area contributed by atoms with E-state index in [1.807, 2.05) is 32.2 Å². The number of aliphatic imine (C=N–C) groups is 1. The minimum Gasteiger partial charge on any atom is -0.381 e. The van der Waals surface area contributed by atoms with Crippen LogP contribution in [0.3, 0.4) is 0 Å². The van der Waals surface area contributed by atoms with Crippen molar-refractivity contribution >= 4 is 40.5 Å². The maximum atomic E-state index is 6.57. The zero-order valence-electron chi connectivity index (χ0n) is 16.5. The number of hydrogen-bond acceptors (Lipinski definition) is 4. The summed E-state index contributed by atoms with van der Waals surface area (Å²) in [4.78, 5) is 11.1. The monoisotopic (exact) mass is 440 g/mol. The van der Waals surface area contributed by atoms with Crippen molar-refractivity contribution in [3.8, 4) is 0 Å². The van der Waals surface area contributed by atoms with E-state index in [4.69, 9.17) is 27.9 Å². The highest BCUT2D eigenvalue weighted by atomic mass is 35.5. The number of thiazole rings is 1. The summed E-state index contributed by atoms with van der Waals surface area (Å²) < 4.78 is 5.63. The Kier molecular flexibility index (Phi) is 7.20. The van der Waals surface area contributed by atoms with Crippen LogP contribution in [0.4, 0.5) is 0 Å². The first kappa shape index (κ1) is 21.4. The second kappa shape index (κ2) is 9.44. The van der Waals surface area contributed by atoms with Gasteiger partial charge in [0.25, 0.3) is 0 Å². The minimum absolute atomic E-state index is 0.117. The molecule has 0 aliphatic carbocycles. The summed E-state index contributed by atoms with van der Waals surface area (Å²) in [5, 5.41) is 8.07. The molecule has 0 bridgehead atoms. The van der Waals surface area contributed by atoms with Gasteiger partial charge >= 0.3 is 0 Å². The predicted octanol–water partition coefficient (Wildman–Crippen LogP) is 4.51. The molecule has 0 unspecified atom stereocenters. The molecular formula is C20H26Cl2N4OS. The molecule has 1 aromatic heterocycles. The molecule has 2 heterocycles. The van der Waals surface area contributed by atoms with Gasteiger partial charge in [0.15, 0.2) is 5.96 Å². The zero-order chi connectivity index (χ0) is 20.1. The molecule has 2 aromatic rings. The Hall–Kier alpha value is -1.34. The van der Waals surface area contributed by atoms with E-state index in [0.29, 0.717) is 29.8 Å². The molecule has 1 aliphatic heterocycles. The molecule has 28 heavy (non-hydrogen) atoms. The summed E-state index contributed by atoms with van der Waals surface area (Å²) >= 11 is 14.4. The van der Waals surface area contributed by atoms with Crippen molar-refractivity contribution in [1.29, 1.82) is 0 Å². The second-order valence-electron chi connectivity index (χ2n) is 7.13. The van der Waals surface area contributed by atoms with E-state index in [0.717, 1.165) is 41.6 Å². The third kappa shape index (κ3) is 4.98. The lowest BCUT2D eigenvalue weighted by atomic mass is 9.74. The Labute approximate surface area is 180 Å². The Morgan fingerprint density at radius 2 is 2.11 bits per heavy atom. The molecule has 0 saturated carbocycles. The van der Waals surface area contributed by atoms with Gasteiger partial charge in [-0.3, -0.25) is 4.99 Å². The Bertz CT molecular complexity index is 833. The van der Waals surface area contributed by atoms with Gasteiger partial charge in [0.1, 0.15) is 0 Å². The highest BCUT2D eigenvalue weighted by Gasteiger charge is 2.36. The number of aryl methyl sites for hydroxylation is 1. The summed E-state index contributed by atoms with van der Waals surface area (Å²) in [5.74, 6) is 0.835. The maximum Gasteiger partial charge on any atom is 0.193 e. The van der Waals surface area contributed by atoms with Gasteiger partial charge in [-0.05, 0) is 37.5 Å². The molecule has 152 valence electrons. The molecular weight excluding hydrogens is 415 g/mol. The molecule has 0 amide bonds. The van der Waals surface area contributed by atoms with Crippen molar-refractivity contribution in [2.75, 3.05) is 33.9 Å². The number of rotatable bonds is 5. The fourth-order valence-corrected chi connectivity index (χ4v) is 4.87. The summed E-state index contributed by atoms with van der Waals surface area (Å²) in [6, 6.07) is 5.77. The van der Waals surface area contributed by atoms with E-state index in [1.165, 1.54) is 0 Å². The van der Waals surface area contributed by atoms with Crippen molar-refractivity contribution in [2.24, 2.45) is 4.99 Å². The molecule has 5 nitrogen and oxygen atoms in total. The average molecular weight is 441 g/mol. The van der Waals surface area contributed by atoms with Crippen LogP contribution in [-0.4, -0.2) is 49.7 Å².